The van der Waals surface area contributed by atoms with E-state index in [9.17, 15) is 5.11 Å². The zero-order valence-corrected chi connectivity index (χ0v) is 12.8. The van der Waals surface area contributed by atoms with E-state index < -0.39 is 13.7 Å². The van der Waals surface area contributed by atoms with E-state index in [0.717, 1.165) is 36.5 Å². The minimum absolute atomic E-state index is 0.762. The van der Waals surface area contributed by atoms with Crippen molar-refractivity contribution in [2.75, 3.05) is 0 Å². The molecular weight excluding hydrogens is 224 g/mol. The van der Waals surface area contributed by atoms with Gasteiger partial charge in [0.05, 0.1) is 0 Å². The average Bonchev–Trinajstić information content (AvgIpc) is 2.45. The Morgan fingerprint density at radius 1 is 1.41 bits per heavy atom. The molecule has 0 aromatic rings. The Bertz CT molecular complexity index is 360. The quantitative estimate of drug-likeness (QED) is 0.570. The molecule has 1 aliphatic carbocycles. The Hall–Kier alpha value is -0.603. The molecule has 0 spiro atoms. The molecule has 1 N–H and O–H groups in total. The van der Waals surface area contributed by atoms with Crippen LogP contribution >= 0.6 is 0 Å². The van der Waals surface area contributed by atoms with Gasteiger partial charge in [0.1, 0.15) is 5.60 Å². The van der Waals surface area contributed by atoms with E-state index in [4.69, 9.17) is 0 Å². The molecule has 0 bridgehead atoms. The molecule has 0 radical (unpaired) electrons. The standard InChI is InChI=1S/C15H26OSi/c1-12(2)15(16)9-7-8-14(15)10-13(3)11-17(4,5)6/h8,16H,1,3,7,9-11H2,2,4-6H3. The maximum absolute atomic E-state index is 10.6. The molecule has 0 saturated heterocycles. The second kappa shape index (κ2) is 4.95. The van der Waals surface area contributed by atoms with E-state index in [0.29, 0.717) is 0 Å². The van der Waals surface area contributed by atoms with Crippen LogP contribution in [0, 0.1) is 0 Å². The highest BCUT2D eigenvalue weighted by Gasteiger charge is 2.35. The summed E-state index contributed by atoms with van der Waals surface area (Å²) in [6.45, 7) is 17.1. The minimum atomic E-state index is -1.10. The van der Waals surface area contributed by atoms with Gasteiger partial charge in [-0.1, -0.05) is 44.4 Å². The molecule has 1 aliphatic rings. The first-order valence-corrected chi connectivity index (χ1v) is 10.1. The molecular formula is C15H26OSi. The topological polar surface area (TPSA) is 20.2 Å². The molecule has 0 fully saturated rings. The maximum atomic E-state index is 10.6. The molecule has 0 heterocycles. The molecule has 2 heteroatoms. The second-order valence-electron chi connectivity index (χ2n) is 6.57. The molecule has 0 amide bonds. The number of hydrogen-bond acceptors (Lipinski definition) is 1. The van der Waals surface area contributed by atoms with Gasteiger partial charge in [-0.2, -0.15) is 0 Å². The van der Waals surface area contributed by atoms with E-state index in [1.54, 1.807) is 0 Å². The fourth-order valence-corrected chi connectivity index (χ4v) is 4.20. The van der Waals surface area contributed by atoms with Crippen molar-refractivity contribution in [3.05, 3.63) is 36.0 Å². The number of hydrogen-bond donors (Lipinski definition) is 1. The summed E-state index contributed by atoms with van der Waals surface area (Å²) < 4.78 is 0. The van der Waals surface area contributed by atoms with Gasteiger partial charge in [0, 0.05) is 8.07 Å². The largest absolute Gasteiger partial charge is 0.381 e. The van der Waals surface area contributed by atoms with Crippen molar-refractivity contribution in [3.63, 3.8) is 0 Å². The van der Waals surface area contributed by atoms with Crippen molar-refractivity contribution in [1.82, 2.24) is 0 Å². The Labute approximate surface area is 107 Å². The molecule has 1 nitrogen and oxygen atoms in total. The van der Waals surface area contributed by atoms with Gasteiger partial charge < -0.3 is 5.11 Å². The molecule has 0 aliphatic heterocycles. The normalized spacial score (nSPS) is 24.6. The van der Waals surface area contributed by atoms with Crippen molar-refractivity contribution in [2.45, 2.75) is 57.5 Å². The van der Waals surface area contributed by atoms with Crippen LogP contribution in [0.1, 0.15) is 26.2 Å². The van der Waals surface area contributed by atoms with Crippen LogP contribution in [-0.4, -0.2) is 18.8 Å². The van der Waals surface area contributed by atoms with Gasteiger partial charge in [0.25, 0.3) is 0 Å². The van der Waals surface area contributed by atoms with Gasteiger partial charge in [0.15, 0.2) is 0 Å². The summed E-state index contributed by atoms with van der Waals surface area (Å²) in [7, 11) is -1.10. The molecule has 1 atom stereocenters. The van der Waals surface area contributed by atoms with Gasteiger partial charge in [-0.15, -0.1) is 0 Å². The summed E-state index contributed by atoms with van der Waals surface area (Å²) in [6, 6.07) is 1.14. The zero-order valence-electron chi connectivity index (χ0n) is 11.8. The van der Waals surface area contributed by atoms with E-state index in [2.05, 4.69) is 38.9 Å². The first-order chi connectivity index (χ1) is 7.65. The Morgan fingerprint density at radius 2 is 2.00 bits per heavy atom. The lowest BCUT2D eigenvalue weighted by molar-refractivity contribution is 0.116. The fraction of sp³-hybridized carbons (Fsp3) is 0.600. The zero-order chi connectivity index (χ0) is 13.3. The van der Waals surface area contributed by atoms with Crippen LogP contribution in [0.25, 0.3) is 0 Å². The van der Waals surface area contributed by atoms with Crippen LogP contribution in [0.3, 0.4) is 0 Å². The highest BCUT2D eigenvalue weighted by atomic mass is 28.3. The first-order valence-electron chi connectivity index (χ1n) is 6.40. The molecule has 1 rings (SSSR count). The van der Waals surface area contributed by atoms with E-state index in [1.165, 1.54) is 5.57 Å². The van der Waals surface area contributed by atoms with Gasteiger partial charge in [-0.25, -0.2) is 0 Å². The van der Waals surface area contributed by atoms with Gasteiger partial charge >= 0.3 is 0 Å². The van der Waals surface area contributed by atoms with Crippen molar-refractivity contribution in [1.29, 1.82) is 0 Å². The molecule has 17 heavy (non-hydrogen) atoms. The molecule has 96 valence electrons. The predicted octanol–water partition coefficient (Wildman–Crippen LogP) is 4.30. The van der Waals surface area contributed by atoms with Crippen LogP contribution in [0.5, 0.6) is 0 Å². The second-order valence-corrected chi connectivity index (χ2v) is 12.0. The summed E-state index contributed by atoms with van der Waals surface area (Å²) in [4.78, 5) is 0. The number of aliphatic hydroxyl groups is 1. The summed E-state index contributed by atoms with van der Waals surface area (Å²) in [5, 5.41) is 10.6. The molecule has 1 unspecified atom stereocenters. The van der Waals surface area contributed by atoms with Crippen molar-refractivity contribution in [3.8, 4) is 0 Å². The third kappa shape index (κ3) is 3.68. The predicted molar refractivity (Wildman–Crippen MR) is 79.0 cm³/mol. The van der Waals surface area contributed by atoms with E-state index in [1.807, 2.05) is 6.92 Å². The Balaban J connectivity index is 2.70. The van der Waals surface area contributed by atoms with Gasteiger partial charge in [-0.3, -0.25) is 0 Å². The Kier molecular flexibility index (Phi) is 4.21. The van der Waals surface area contributed by atoms with Gasteiger partial charge in [-0.05, 0) is 43.4 Å². The monoisotopic (exact) mass is 250 g/mol. The van der Waals surface area contributed by atoms with Crippen molar-refractivity contribution >= 4 is 8.07 Å². The van der Waals surface area contributed by atoms with Crippen LogP contribution in [0.15, 0.2) is 36.0 Å². The third-order valence-corrected chi connectivity index (χ3v) is 4.92. The van der Waals surface area contributed by atoms with E-state index >= 15 is 0 Å². The average molecular weight is 250 g/mol. The van der Waals surface area contributed by atoms with Crippen molar-refractivity contribution < 1.29 is 5.11 Å². The molecule has 0 aromatic heterocycles. The third-order valence-electron chi connectivity index (χ3n) is 3.35. The highest BCUT2D eigenvalue weighted by molar-refractivity contribution is 6.76. The number of allylic oxidation sites excluding steroid dienone is 2. The minimum Gasteiger partial charge on any atom is -0.381 e. The summed E-state index contributed by atoms with van der Waals surface area (Å²) in [5.74, 6) is 0. The van der Waals surface area contributed by atoms with Crippen LogP contribution in [0.2, 0.25) is 25.7 Å². The summed E-state index contributed by atoms with van der Waals surface area (Å²) in [6.07, 6.45) is 4.76. The summed E-state index contributed by atoms with van der Waals surface area (Å²) in [5.41, 5.74) is 2.48. The highest BCUT2D eigenvalue weighted by Crippen LogP contribution is 2.39. The SMILES string of the molecule is C=C(CC1=CCCC1(O)C(=C)C)C[Si](C)(C)C. The lowest BCUT2D eigenvalue weighted by atomic mass is 9.86. The van der Waals surface area contributed by atoms with Crippen LogP contribution < -0.4 is 0 Å². The summed E-state index contributed by atoms with van der Waals surface area (Å²) >= 11 is 0. The fourth-order valence-electron chi connectivity index (χ4n) is 2.57. The van der Waals surface area contributed by atoms with E-state index in [-0.39, 0.29) is 0 Å². The molecule has 0 aromatic carbocycles. The smallest absolute Gasteiger partial charge is 0.107 e. The lowest BCUT2D eigenvalue weighted by Crippen LogP contribution is -2.29. The number of rotatable bonds is 5. The maximum Gasteiger partial charge on any atom is 0.107 e. The van der Waals surface area contributed by atoms with Crippen LogP contribution in [0.4, 0.5) is 0 Å². The lowest BCUT2D eigenvalue weighted by Gasteiger charge is -2.28. The first kappa shape index (κ1) is 14.5. The molecule has 0 saturated carbocycles. The van der Waals surface area contributed by atoms with Gasteiger partial charge in [0.2, 0.25) is 0 Å². The Morgan fingerprint density at radius 3 is 2.47 bits per heavy atom. The van der Waals surface area contributed by atoms with Crippen LogP contribution in [-0.2, 0) is 0 Å². The van der Waals surface area contributed by atoms with Crippen molar-refractivity contribution in [2.24, 2.45) is 0 Å².